The molecule has 0 aliphatic heterocycles. The number of nitrogens with one attached hydrogen (secondary N) is 1. The summed E-state index contributed by atoms with van der Waals surface area (Å²) >= 11 is 0. The molecule has 0 bridgehead atoms. The minimum absolute atomic E-state index is 0.0154. The van der Waals surface area contributed by atoms with E-state index in [0.29, 0.717) is 22.4 Å². The van der Waals surface area contributed by atoms with Crippen molar-refractivity contribution in [2.45, 2.75) is 39.1 Å². The number of hydrogen-bond acceptors (Lipinski definition) is 5. The van der Waals surface area contributed by atoms with Gasteiger partial charge in [0.05, 0.1) is 11.6 Å². The van der Waals surface area contributed by atoms with Crippen molar-refractivity contribution in [3.8, 4) is 5.88 Å². The molecular formula is C25H26F3N3O4S. The van der Waals surface area contributed by atoms with E-state index >= 15 is 0 Å². The molecule has 0 saturated heterocycles. The van der Waals surface area contributed by atoms with Gasteiger partial charge in [0.25, 0.3) is 0 Å². The molecule has 7 nitrogen and oxygen atoms in total. The number of ether oxygens (including phenoxy) is 1. The first-order chi connectivity index (χ1) is 17.0. The van der Waals surface area contributed by atoms with Gasteiger partial charge in [0.15, 0.2) is 0 Å². The summed E-state index contributed by atoms with van der Waals surface area (Å²) in [5, 5.41) is 2.72. The average Bonchev–Trinajstić information content (AvgIpc) is 2.85. The molecule has 0 spiro atoms. The first-order valence-electron chi connectivity index (χ1n) is 11.0. The summed E-state index contributed by atoms with van der Waals surface area (Å²) in [6.07, 6.45) is -4.64. The molecule has 0 fully saturated rings. The largest absolute Gasteiger partial charge is 0.473 e. The number of pyridine rings is 1. The Bertz CT molecular complexity index is 1290. The molecule has 0 radical (unpaired) electrons. The summed E-state index contributed by atoms with van der Waals surface area (Å²) in [5.41, 5.74) is 1.80. The molecule has 1 atom stereocenters. The number of aryl methyl sites for hydroxylation is 1. The summed E-state index contributed by atoms with van der Waals surface area (Å²) in [4.78, 5) is 16.5. The highest BCUT2D eigenvalue weighted by Gasteiger charge is 2.33. The maximum absolute atomic E-state index is 13.2. The number of carbonyl (C=O) groups is 1. The standard InChI is InChI=1S/C25H26F3N3O4S/c1-16-13-19(9-11-21(16)31(3)36(33)34)17(2)23(32)29-14-20-10-12-22(25(26,27)28)30-24(20)35-15-18-7-5-4-6-8-18/h4-13,17,36H,14-15H2,1-3H3,(H,29,32). The average molecular weight is 522 g/mol. The van der Waals surface area contributed by atoms with Crippen LogP contribution in [0.2, 0.25) is 0 Å². The van der Waals surface area contributed by atoms with Crippen LogP contribution >= 0.6 is 0 Å². The topological polar surface area (TPSA) is 88.6 Å². The van der Waals surface area contributed by atoms with Crippen molar-refractivity contribution in [1.82, 2.24) is 10.3 Å². The van der Waals surface area contributed by atoms with Gasteiger partial charge >= 0.3 is 6.18 Å². The van der Waals surface area contributed by atoms with Crippen LogP contribution in [0.25, 0.3) is 0 Å². The van der Waals surface area contributed by atoms with Gasteiger partial charge in [0, 0.05) is 19.2 Å². The Hall–Kier alpha value is -3.60. The van der Waals surface area contributed by atoms with Crippen molar-refractivity contribution in [3.05, 3.63) is 88.6 Å². The monoisotopic (exact) mass is 521 g/mol. The molecule has 0 saturated carbocycles. The summed E-state index contributed by atoms with van der Waals surface area (Å²) in [7, 11) is -1.36. The zero-order valence-electron chi connectivity index (χ0n) is 19.9. The second kappa shape index (κ2) is 11.4. The van der Waals surface area contributed by atoms with E-state index in [1.54, 1.807) is 56.3 Å². The fraction of sp³-hybridized carbons (Fsp3) is 0.280. The molecular weight excluding hydrogens is 495 g/mol. The van der Waals surface area contributed by atoms with Gasteiger partial charge in [-0.1, -0.05) is 42.5 Å². The highest BCUT2D eigenvalue weighted by Crippen LogP contribution is 2.31. The van der Waals surface area contributed by atoms with Gasteiger partial charge in [0.1, 0.15) is 12.3 Å². The zero-order chi connectivity index (χ0) is 26.5. The second-order valence-electron chi connectivity index (χ2n) is 8.18. The van der Waals surface area contributed by atoms with E-state index in [9.17, 15) is 26.4 Å². The number of amides is 1. The Kier molecular flexibility index (Phi) is 8.57. The van der Waals surface area contributed by atoms with Gasteiger partial charge in [0.2, 0.25) is 22.7 Å². The molecule has 2 aromatic carbocycles. The third-order valence-electron chi connectivity index (χ3n) is 5.61. The lowest BCUT2D eigenvalue weighted by Gasteiger charge is -2.18. The van der Waals surface area contributed by atoms with E-state index in [2.05, 4.69) is 10.3 Å². The fourth-order valence-corrected chi connectivity index (χ4v) is 3.90. The SMILES string of the molecule is Cc1cc(C(C)C(=O)NCc2ccc(C(F)(F)F)nc2OCc2ccccc2)ccc1N(C)[SH](=O)=O. The molecule has 1 aromatic heterocycles. The summed E-state index contributed by atoms with van der Waals surface area (Å²) < 4.78 is 68.8. The van der Waals surface area contributed by atoms with Crippen LogP contribution in [0.15, 0.2) is 60.7 Å². The van der Waals surface area contributed by atoms with Crippen LogP contribution in [0.5, 0.6) is 5.88 Å². The van der Waals surface area contributed by atoms with Crippen LogP contribution in [0, 0.1) is 6.92 Å². The van der Waals surface area contributed by atoms with Crippen LogP contribution in [-0.2, 0) is 35.0 Å². The van der Waals surface area contributed by atoms with Crippen molar-refractivity contribution in [2.24, 2.45) is 0 Å². The molecule has 11 heteroatoms. The fourth-order valence-electron chi connectivity index (χ4n) is 3.50. The quantitative estimate of drug-likeness (QED) is 0.409. The number of thiol groups is 1. The number of hydrogen-bond donors (Lipinski definition) is 2. The maximum Gasteiger partial charge on any atom is 0.433 e. The van der Waals surface area contributed by atoms with Crippen molar-refractivity contribution in [1.29, 1.82) is 0 Å². The van der Waals surface area contributed by atoms with E-state index in [-0.39, 0.29) is 24.9 Å². The van der Waals surface area contributed by atoms with Crippen LogP contribution in [-0.4, -0.2) is 26.4 Å². The summed E-state index contributed by atoms with van der Waals surface area (Å²) in [6, 6.07) is 16.0. The van der Waals surface area contributed by atoms with E-state index in [1.165, 1.54) is 13.1 Å². The predicted octanol–water partition coefficient (Wildman–Crippen LogP) is 4.37. The van der Waals surface area contributed by atoms with E-state index in [4.69, 9.17) is 4.74 Å². The minimum Gasteiger partial charge on any atom is -0.473 e. The highest BCUT2D eigenvalue weighted by atomic mass is 32.2. The van der Waals surface area contributed by atoms with Crippen LogP contribution in [0.3, 0.4) is 0 Å². The Morgan fingerprint density at radius 1 is 1.11 bits per heavy atom. The van der Waals surface area contributed by atoms with Crippen LogP contribution in [0.4, 0.5) is 18.9 Å². The number of benzene rings is 2. The number of aromatic nitrogens is 1. The van der Waals surface area contributed by atoms with Crippen molar-refractivity contribution < 1.29 is 31.1 Å². The Morgan fingerprint density at radius 2 is 1.81 bits per heavy atom. The Labute approximate surface area is 209 Å². The molecule has 36 heavy (non-hydrogen) atoms. The van der Waals surface area contributed by atoms with Crippen molar-refractivity contribution in [3.63, 3.8) is 0 Å². The predicted molar refractivity (Wildman–Crippen MR) is 130 cm³/mol. The van der Waals surface area contributed by atoms with Gasteiger partial charge in [-0.05, 0) is 48.7 Å². The normalized spacial score (nSPS) is 12.3. The van der Waals surface area contributed by atoms with Gasteiger partial charge < -0.3 is 10.1 Å². The first-order valence-corrected chi connectivity index (χ1v) is 12.1. The minimum atomic E-state index is -4.64. The number of carbonyl (C=O) groups excluding carboxylic acids is 1. The molecule has 3 aromatic rings. The molecule has 1 unspecified atom stereocenters. The smallest absolute Gasteiger partial charge is 0.433 e. The van der Waals surface area contributed by atoms with E-state index in [1.807, 2.05) is 6.07 Å². The summed E-state index contributed by atoms with van der Waals surface area (Å²) in [6.45, 7) is 3.35. The highest BCUT2D eigenvalue weighted by molar-refractivity contribution is 7.74. The number of nitrogens with zero attached hydrogens (tertiary/aromatic N) is 2. The molecule has 3 rings (SSSR count). The number of halogens is 3. The van der Waals surface area contributed by atoms with Gasteiger partial charge in [-0.2, -0.15) is 13.2 Å². The lowest BCUT2D eigenvalue weighted by Crippen LogP contribution is -2.28. The second-order valence-corrected chi connectivity index (χ2v) is 9.26. The van der Waals surface area contributed by atoms with E-state index in [0.717, 1.165) is 15.9 Å². The van der Waals surface area contributed by atoms with Gasteiger partial charge in [-0.15, -0.1) is 0 Å². The van der Waals surface area contributed by atoms with Crippen molar-refractivity contribution >= 4 is 22.5 Å². The van der Waals surface area contributed by atoms with Crippen LogP contribution < -0.4 is 14.4 Å². The third kappa shape index (κ3) is 6.75. The van der Waals surface area contributed by atoms with Crippen molar-refractivity contribution in [2.75, 3.05) is 11.4 Å². The molecule has 1 heterocycles. The third-order valence-corrected chi connectivity index (χ3v) is 6.31. The summed E-state index contributed by atoms with van der Waals surface area (Å²) in [5.74, 6) is -1.17. The van der Waals surface area contributed by atoms with Gasteiger partial charge in [-0.3, -0.25) is 9.10 Å². The molecule has 1 amide bonds. The lowest BCUT2D eigenvalue weighted by atomic mass is 9.97. The first kappa shape index (κ1) is 27.0. The maximum atomic E-state index is 13.2. The number of anilines is 1. The Morgan fingerprint density at radius 3 is 2.42 bits per heavy atom. The lowest BCUT2D eigenvalue weighted by molar-refractivity contribution is -0.141. The van der Waals surface area contributed by atoms with E-state index < -0.39 is 28.7 Å². The molecule has 0 aliphatic rings. The molecule has 0 aliphatic carbocycles. The Balaban J connectivity index is 1.74. The molecule has 192 valence electrons. The number of alkyl halides is 3. The van der Waals surface area contributed by atoms with Crippen LogP contribution in [0.1, 0.15) is 40.8 Å². The number of rotatable bonds is 9. The molecule has 1 N–H and O–H groups in total. The zero-order valence-corrected chi connectivity index (χ0v) is 20.8. The van der Waals surface area contributed by atoms with Gasteiger partial charge in [-0.25, -0.2) is 13.4 Å².